The van der Waals surface area contributed by atoms with E-state index >= 15 is 0 Å². The molecule has 0 aliphatic rings. The standard InChI is InChI=1S/C34H28N2O4/c1-2-40-34(39)30-8-4-6-24(18-30)22-36-16-14-26-10-12-28(20-32(26)36)27-11-9-25-13-15-35(31(25)19-27)21-23-5-3-7-29(17-23)33(37)38/h3-20H,2,21-22H2,1H3,(H,37,38). The quantitative estimate of drug-likeness (QED) is 0.212. The van der Waals surface area contributed by atoms with Crippen molar-refractivity contribution in [2.75, 3.05) is 6.61 Å². The smallest absolute Gasteiger partial charge is 0.338 e. The zero-order valence-corrected chi connectivity index (χ0v) is 22.1. The van der Waals surface area contributed by atoms with Gasteiger partial charge in [0.2, 0.25) is 0 Å². The number of hydrogen-bond donors (Lipinski definition) is 1. The summed E-state index contributed by atoms with van der Waals surface area (Å²) in [5, 5.41) is 11.6. The number of nitrogens with zero attached hydrogens (tertiary/aromatic N) is 2. The van der Waals surface area contributed by atoms with Crippen molar-refractivity contribution in [2.24, 2.45) is 0 Å². The molecule has 198 valence electrons. The van der Waals surface area contributed by atoms with E-state index in [4.69, 9.17) is 4.74 Å². The van der Waals surface area contributed by atoms with E-state index in [-0.39, 0.29) is 5.97 Å². The number of carbonyl (C=O) groups is 2. The largest absolute Gasteiger partial charge is 0.478 e. The normalized spacial score (nSPS) is 11.2. The van der Waals surface area contributed by atoms with Gasteiger partial charge in [-0.2, -0.15) is 0 Å². The summed E-state index contributed by atoms with van der Waals surface area (Å²) in [6, 6.07) is 31.8. The van der Waals surface area contributed by atoms with Crippen LogP contribution in [0.2, 0.25) is 0 Å². The van der Waals surface area contributed by atoms with Crippen molar-refractivity contribution in [1.82, 2.24) is 9.13 Å². The van der Waals surface area contributed by atoms with Crippen molar-refractivity contribution >= 4 is 33.7 Å². The molecule has 6 rings (SSSR count). The van der Waals surface area contributed by atoms with Crippen molar-refractivity contribution in [3.63, 3.8) is 0 Å². The summed E-state index contributed by atoms with van der Waals surface area (Å²) in [6.45, 7) is 3.38. The number of aromatic nitrogens is 2. The molecule has 6 nitrogen and oxygen atoms in total. The monoisotopic (exact) mass is 528 g/mol. The van der Waals surface area contributed by atoms with Crippen molar-refractivity contribution < 1.29 is 19.4 Å². The molecular formula is C34H28N2O4. The van der Waals surface area contributed by atoms with Crippen LogP contribution in [0.3, 0.4) is 0 Å². The molecule has 1 N–H and O–H groups in total. The summed E-state index contributed by atoms with van der Waals surface area (Å²) in [7, 11) is 0. The van der Waals surface area contributed by atoms with Crippen molar-refractivity contribution in [3.05, 3.63) is 132 Å². The van der Waals surface area contributed by atoms with Crippen molar-refractivity contribution in [3.8, 4) is 11.1 Å². The molecule has 2 heterocycles. The number of fused-ring (bicyclic) bond motifs is 2. The molecule has 40 heavy (non-hydrogen) atoms. The highest BCUT2D eigenvalue weighted by atomic mass is 16.5. The minimum absolute atomic E-state index is 0.290. The van der Waals surface area contributed by atoms with Gasteiger partial charge in [-0.3, -0.25) is 0 Å². The molecule has 0 unspecified atom stereocenters. The van der Waals surface area contributed by atoms with Crippen LogP contribution in [-0.4, -0.2) is 32.8 Å². The third kappa shape index (κ3) is 4.99. The van der Waals surface area contributed by atoms with Crippen LogP contribution >= 0.6 is 0 Å². The Balaban J connectivity index is 1.31. The van der Waals surface area contributed by atoms with Crippen LogP contribution in [0.4, 0.5) is 0 Å². The van der Waals surface area contributed by atoms with Crippen LogP contribution < -0.4 is 0 Å². The lowest BCUT2D eigenvalue weighted by atomic mass is 10.0. The number of carboxylic acid groups (broad SMARTS) is 1. The van der Waals surface area contributed by atoms with Gasteiger partial charge in [-0.05, 0) is 88.5 Å². The minimum atomic E-state index is -0.923. The zero-order chi connectivity index (χ0) is 27.6. The van der Waals surface area contributed by atoms with Gasteiger partial charge in [-0.25, -0.2) is 9.59 Å². The first kappa shape index (κ1) is 25.2. The van der Waals surface area contributed by atoms with Gasteiger partial charge < -0.3 is 19.0 Å². The summed E-state index contributed by atoms with van der Waals surface area (Å²) in [6.07, 6.45) is 4.12. The van der Waals surface area contributed by atoms with E-state index in [0.717, 1.165) is 44.1 Å². The Labute approximate surface area is 231 Å². The average Bonchev–Trinajstić information content (AvgIpc) is 3.56. The van der Waals surface area contributed by atoms with Crippen LogP contribution in [0.15, 0.2) is 109 Å². The first-order valence-corrected chi connectivity index (χ1v) is 13.2. The molecule has 0 spiro atoms. The Morgan fingerprint density at radius 2 is 1.20 bits per heavy atom. The molecular weight excluding hydrogens is 500 g/mol. The van der Waals surface area contributed by atoms with E-state index in [1.165, 1.54) is 0 Å². The van der Waals surface area contributed by atoms with E-state index < -0.39 is 5.97 Å². The SMILES string of the molecule is CCOC(=O)c1cccc(Cn2ccc3ccc(-c4ccc5ccn(Cc6cccc(C(=O)O)c6)c5c4)cc32)c1. The van der Waals surface area contributed by atoms with Gasteiger partial charge in [0, 0.05) is 36.5 Å². The Hall–Kier alpha value is -5.10. The zero-order valence-electron chi connectivity index (χ0n) is 22.1. The second kappa shape index (κ2) is 10.6. The fraction of sp³-hybridized carbons (Fsp3) is 0.118. The van der Waals surface area contributed by atoms with Gasteiger partial charge in [0.1, 0.15) is 0 Å². The average molecular weight is 529 g/mol. The van der Waals surface area contributed by atoms with Gasteiger partial charge in [-0.1, -0.05) is 48.5 Å². The molecule has 0 saturated carbocycles. The van der Waals surface area contributed by atoms with Crippen LogP contribution in [0.5, 0.6) is 0 Å². The number of rotatable bonds is 8. The lowest BCUT2D eigenvalue weighted by Gasteiger charge is -2.10. The topological polar surface area (TPSA) is 73.5 Å². The highest BCUT2D eigenvalue weighted by molar-refractivity contribution is 5.91. The van der Waals surface area contributed by atoms with Crippen LogP contribution in [0, 0.1) is 0 Å². The van der Waals surface area contributed by atoms with Crippen molar-refractivity contribution in [1.29, 1.82) is 0 Å². The molecule has 6 aromatic rings. The van der Waals surface area contributed by atoms with E-state index in [0.29, 0.717) is 30.8 Å². The first-order valence-electron chi connectivity index (χ1n) is 13.2. The molecule has 0 aliphatic heterocycles. The highest BCUT2D eigenvalue weighted by Crippen LogP contribution is 2.29. The Kier molecular flexibility index (Phi) is 6.66. The van der Waals surface area contributed by atoms with Gasteiger partial charge in [0.25, 0.3) is 0 Å². The summed E-state index contributed by atoms with van der Waals surface area (Å²) in [5.41, 5.74) is 7.22. The Morgan fingerprint density at radius 1 is 0.675 bits per heavy atom. The molecule has 6 heteroatoms. The number of ether oxygens (including phenoxy) is 1. The Morgan fingerprint density at radius 3 is 1.73 bits per heavy atom. The number of carboxylic acids is 1. The molecule has 4 aromatic carbocycles. The molecule has 0 bridgehead atoms. The third-order valence-corrected chi connectivity index (χ3v) is 7.20. The highest BCUT2D eigenvalue weighted by Gasteiger charge is 2.11. The maximum atomic E-state index is 12.2. The Bertz CT molecular complexity index is 1880. The molecule has 0 fully saturated rings. The minimum Gasteiger partial charge on any atom is -0.478 e. The van der Waals surface area contributed by atoms with E-state index in [9.17, 15) is 14.7 Å². The van der Waals surface area contributed by atoms with Crippen LogP contribution in [0.25, 0.3) is 32.9 Å². The van der Waals surface area contributed by atoms with Crippen LogP contribution in [-0.2, 0) is 17.8 Å². The summed E-state index contributed by atoms with van der Waals surface area (Å²) < 4.78 is 9.51. The van der Waals surface area contributed by atoms with E-state index in [1.54, 1.807) is 31.2 Å². The number of hydrogen-bond acceptors (Lipinski definition) is 3. The molecule has 0 amide bonds. The molecule has 0 saturated heterocycles. The summed E-state index contributed by atoms with van der Waals surface area (Å²) in [4.78, 5) is 23.6. The van der Waals surface area contributed by atoms with Gasteiger partial charge >= 0.3 is 11.9 Å². The van der Waals surface area contributed by atoms with Gasteiger partial charge in [-0.15, -0.1) is 0 Å². The molecule has 0 atom stereocenters. The van der Waals surface area contributed by atoms with Gasteiger partial charge in [0.15, 0.2) is 0 Å². The number of esters is 1. The predicted molar refractivity (Wildman–Crippen MR) is 157 cm³/mol. The van der Waals surface area contributed by atoms with Crippen LogP contribution in [0.1, 0.15) is 38.8 Å². The number of aromatic carboxylic acids is 1. The maximum Gasteiger partial charge on any atom is 0.338 e. The molecule has 0 radical (unpaired) electrons. The predicted octanol–water partition coefficient (Wildman–Crippen LogP) is 7.23. The number of carbonyl (C=O) groups excluding carboxylic acids is 1. The van der Waals surface area contributed by atoms with Crippen molar-refractivity contribution in [2.45, 2.75) is 20.0 Å². The molecule has 2 aromatic heterocycles. The lowest BCUT2D eigenvalue weighted by Crippen LogP contribution is -2.06. The van der Waals surface area contributed by atoms with E-state index in [1.807, 2.05) is 30.5 Å². The second-order valence-electron chi connectivity index (χ2n) is 9.86. The molecule has 0 aliphatic carbocycles. The van der Waals surface area contributed by atoms with Gasteiger partial charge in [0.05, 0.1) is 17.7 Å². The fourth-order valence-electron chi connectivity index (χ4n) is 5.21. The second-order valence-corrected chi connectivity index (χ2v) is 9.86. The van der Waals surface area contributed by atoms with E-state index in [2.05, 4.69) is 63.9 Å². The first-order chi connectivity index (χ1) is 19.5. The third-order valence-electron chi connectivity index (χ3n) is 7.20. The fourth-order valence-corrected chi connectivity index (χ4v) is 5.21. The summed E-state index contributed by atoms with van der Waals surface area (Å²) in [5.74, 6) is -1.23. The number of benzene rings is 4. The maximum absolute atomic E-state index is 12.2. The lowest BCUT2D eigenvalue weighted by molar-refractivity contribution is 0.0525. The summed E-state index contributed by atoms with van der Waals surface area (Å²) >= 11 is 0.